The quantitative estimate of drug-likeness (QED) is 0.776. The predicted octanol–water partition coefficient (Wildman–Crippen LogP) is -0.0214. The lowest BCUT2D eigenvalue weighted by atomic mass is 10.1. The number of amides is 4. The third-order valence-electron chi connectivity index (χ3n) is 3.09. The maximum atomic E-state index is 11.8. The number of urea groups is 1. The lowest BCUT2D eigenvalue weighted by molar-refractivity contribution is -0.153. The highest BCUT2D eigenvalue weighted by Crippen LogP contribution is 2.07. The number of carbonyl (C=O) groups is 3. The molecule has 0 atom stereocenters. The van der Waals surface area contributed by atoms with Gasteiger partial charge in [0.05, 0.1) is 0 Å². The molecule has 1 aromatic carbocycles. The van der Waals surface area contributed by atoms with Crippen LogP contribution in [0.15, 0.2) is 30.3 Å². The van der Waals surface area contributed by atoms with Crippen LogP contribution in [0, 0.1) is 0 Å². The maximum absolute atomic E-state index is 11.8. The molecule has 2 rings (SSSR count). The molecule has 1 fully saturated rings. The van der Waals surface area contributed by atoms with Crippen molar-refractivity contribution in [2.24, 2.45) is 5.73 Å². The van der Waals surface area contributed by atoms with Crippen LogP contribution in [0.5, 0.6) is 0 Å². The van der Waals surface area contributed by atoms with Crippen molar-refractivity contribution < 1.29 is 14.4 Å². The number of hydrogen-bond acceptors (Lipinski definition) is 3. The van der Waals surface area contributed by atoms with E-state index in [9.17, 15) is 14.4 Å². The van der Waals surface area contributed by atoms with Crippen LogP contribution in [0.2, 0.25) is 0 Å². The van der Waals surface area contributed by atoms with Gasteiger partial charge in [0.2, 0.25) is 0 Å². The van der Waals surface area contributed by atoms with Crippen molar-refractivity contribution in [1.82, 2.24) is 9.80 Å². The molecular formula is C13H15N3O3. The van der Waals surface area contributed by atoms with Crippen LogP contribution in [0.4, 0.5) is 4.79 Å². The van der Waals surface area contributed by atoms with Gasteiger partial charge >= 0.3 is 17.8 Å². The Morgan fingerprint density at radius 3 is 2.42 bits per heavy atom. The van der Waals surface area contributed by atoms with Crippen LogP contribution in [0.1, 0.15) is 5.56 Å². The second-order valence-corrected chi connectivity index (χ2v) is 4.32. The van der Waals surface area contributed by atoms with E-state index in [2.05, 4.69) is 0 Å². The number of carbonyl (C=O) groups excluding carboxylic acids is 3. The topological polar surface area (TPSA) is 83.7 Å². The van der Waals surface area contributed by atoms with Gasteiger partial charge in [-0.05, 0) is 12.0 Å². The molecule has 2 N–H and O–H groups in total. The van der Waals surface area contributed by atoms with Crippen LogP contribution in [0.3, 0.4) is 0 Å². The Kier molecular flexibility index (Phi) is 3.79. The number of nitrogens with two attached hydrogens (primary N) is 1. The Bertz CT molecular complexity index is 501. The summed E-state index contributed by atoms with van der Waals surface area (Å²) in [5, 5.41) is 0. The monoisotopic (exact) mass is 261 g/mol. The minimum Gasteiger partial charge on any atom is -0.351 e. The molecule has 1 heterocycles. The van der Waals surface area contributed by atoms with Gasteiger partial charge in [-0.2, -0.15) is 0 Å². The average Bonchev–Trinajstić information content (AvgIpc) is 2.41. The Balaban J connectivity index is 1.95. The third-order valence-corrected chi connectivity index (χ3v) is 3.09. The van der Waals surface area contributed by atoms with Gasteiger partial charge < -0.3 is 10.6 Å². The van der Waals surface area contributed by atoms with E-state index in [-0.39, 0.29) is 6.54 Å². The lowest BCUT2D eigenvalue weighted by Gasteiger charge is -2.31. The molecule has 1 aromatic rings. The standard InChI is InChI=1S/C13H15N3O3/c14-13(19)16-9-8-15(11(17)12(16)18)7-6-10-4-2-1-3-5-10/h1-5H,6-9H2,(H2,14,19). The number of piperazine rings is 1. The smallest absolute Gasteiger partial charge is 0.321 e. The Morgan fingerprint density at radius 2 is 1.79 bits per heavy atom. The van der Waals surface area contributed by atoms with E-state index >= 15 is 0 Å². The predicted molar refractivity (Wildman–Crippen MR) is 68.0 cm³/mol. The fourth-order valence-electron chi connectivity index (χ4n) is 2.01. The van der Waals surface area contributed by atoms with Crippen LogP contribution < -0.4 is 5.73 Å². The van der Waals surface area contributed by atoms with E-state index in [0.717, 1.165) is 10.5 Å². The van der Waals surface area contributed by atoms with Gasteiger partial charge in [0, 0.05) is 19.6 Å². The summed E-state index contributed by atoms with van der Waals surface area (Å²) in [6, 6.07) is 8.82. The van der Waals surface area contributed by atoms with Crippen molar-refractivity contribution in [1.29, 1.82) is 0 Å². The summed E-state index contributed by atoms with van der Waals surface area (Å²) in [7, 11) is 0. The minimum atomic E-state index is -0.874. The molecule has 100 valence electrons. The fourth-order valence-corrected chi connectivity index (χ4v) is 2.01. The number of benzene rings is 1. The van der Waals surface area contributed by atoms with E-state index in [1.54, 1.807) is 0 Å². The second kappa shape index (κ2) is 5.51. The summed E-state index contributed by atoms with van der Waals surface area (Å²) < 4.78 is 0. The number of nitrogens with zero attached hydrogens (tertiary/aromatic N) is 2. The fraction of sp³-hybridized carbons (Fsp3) is 0.308. The Morgan fingerprint density at radius 1 is 1.11 bits per heavy atom. The highest BCUT2D eigenvalue weighted by Gasteiger charge is 2.34. The van der Waals surface area contributed by atoms with E-state index in [4.69, 9.17) is 5.73 Å². The molecule has 0 bridgehead atoms. The molecule has 0 spiro atoms. The van der Waals surface area contributed by atoms with Crippen molar-refractivity contribution in [3.05, 3.63) is 35.9 Å². The molecule has 0 unspecified atom stereocenters. The zero-order valence-electron chi connectivity index (χ0n) is 10.4. The first-order chi connectivity index (χ1) is 9.09. The summed E-state index contributed by atoms with van der Waals surface area (Å²) >= 11 is 0. The van der Waals surface area contributed by atoms with Crippen LogP contribution in [-0.4, -0.2) is 47.3 Å². The number of primary amides is 1. The van der Waals surface area contributed by atoms with Gasteiger partial charge in [-0.3, -0.25) is 14.5 Å². The summed E-state index contributed by atoms with van der Waals surface area (Å²) in [6.45, 7) is 0.955. The molecular weight excluding hydrogens is 246 g/mol. The largest absolute Gasteiger partial charge is 0.351 e. The molecule has 0 aliphatic carbocycles. The highest BCUT2D eigenvalue weighted by molar-refractivity contribution is 6.38. The Hall–Kier alpha value is -2.37. The minimum absolute atomic E-state index is 0.161. The molecule has 0 saturated carbocycles. The first-order valence-corrected chi connectivity index (χ1v) is 6.03. The van der Waals surface area contributed by atoms with E-state index in [1.165, 1.54) is 4.90 Å². The van der Waals surface area contributed by atoms with Gasteiger partial charge in [-0.15, -0.1) is 0 Å². The molecule has 0 radical (unpaired) electrons. The first-order valence-electron chi connectivity index (χ1n) is 6.03. The van der Waals surface area contributed by atoms with Crippen LogP contribution >= 0.6 is 0 Å². The van der Waals surface area contributed by atoms with E-state index < -0.39 is 17.8 Å². The molecule has 0 aromatic heterocycles. The summed E-state index contributed by atoms with van der Waals surface area (Å²) in [5.41, 5.74) is 6.12. The molecule has 4 amide bonds. The van der Waals surface area contributed by atoms with Crippen molar-refractivity contribution in [2.45, 2.75) is 6.42 Å². The number of rotatable bonds is 3. The zero-order chi connectivity index (χ0) is 13.8. The molecule has 1 aliphatic heterocycles. The Labute approximate surface area is 110 Å². The lowest BCUT2D eigenvalue weighted by Crippen LogP contribution is -2.57. The number of hydrogen-bond donors (Lipinski definition) is 1. The highest BCUT2D eigenvalue weighted by atomic mass is 16.2. The van der Waals surface area contributed by atoms with Crippen molar-refractivity contribution >= 4 is 17.8 Å². The van der Waals surface area contributed by atoms with Crippen LogP contribution in [-0.2, 0) is 16.0 Å². The first kappa shape index (κ1) is 13.1. The molecule has 6 nitrogen and oxygen atoms in total. The van der Waals surface area contributed by atoms with Gasteiger partial charge in [0.15, 0.2) is 0 Å². The molecule has 1 saturated heterocycles. The van der Waals surface area contributed by atoms with Crippen molar-refractivity contribution in [3.8, 4) is 0 Å². The summed E-state index contributed by atoms with van der Waals surface area (Å²) in [4.78, 5) is 36.6. The number of imide groups is 1. The third kappa shape index (κ3) is 2.90. The van der Waals surface area contributed by atoms with E-state index in [0.29, 0.717) is 19.5 Å². The molecule has 1 aliphatic rings. The second-order valence-electron chi connectivity index (χ2n) is 4.32. The normalized spacial score (nSPS) is 15.8. The van der Waals surface area contributed by atoms with Gasteiger partial charge in [0.1, 0.15) is 0 Å². The molecule has 19 heavy (non-hydrogen) atoms. The molecule has 6 heteroatoms. The van der Waals surface area contributed by atoms with Crippen LogP contribution in [0.25, 0.3) is 0 Å². The van der Waals surface area contributed by atoms with Crippen molar-refractivity contribution in [2.75, 3.05) is 19.6 Å². The maximum Gasteiger partial charge on any atom is 0.321 e. The average molecular weight is 261 g/mol. The van der Waals surface area contributed by atoms with Gasteiger partial charge in [-0.25, -0.2) is 4.79 Å². The van der Waals surface area contributed by atoms with Gasteiger partial charge in [0.25, 0.3) is 0 Å². The SMILES string of the molecule is NC(=O)N1CCN(CCc2ccccc2)C(=O)C1=O. The van der Waals surface area contributed by atoms with Gasteiger partial charge in [-0.1, -0.05) is 30.3 Å². The van der Waals surface area contributed by atoms with E-state index in [1.807, 2.05) is 30.3 Å². The summed E-state index contributed by atoms with van der Waals surface area (Å²) in [5.74, 6) is -1.51. The van der Waals surface area contributed by atoms with Crippen molar-refractivity contribution in [3.63, 3.8) is 0 Å². The summed E-state index contributed by atoms with van der Waals surface area (Å²) in [6.07, 6.45) is 0.677. The zero-order valence-corrected chi connectivity index (χ0v) is 10.4.